The van der Waals surface area contributed by atoms with Gasteiger partial charge in [0.05, 0.1) is 50.9 Å². The Hall–Kier alpha value is -7.52. The van der Waals surface area contributed by atoms with Crippen molar-refractivity contribution in [2.75, 3.05) is 0 Å². The van der Waals surface area contributed by atoms with Crippen LogP contribution in [0, 0.1) is 0 Å². The van der Waals surface area contributed by atoms with Crippen LogP contribution in [-0.4, -0.2) is 0 Å². The monoisotopic (exact) mass is 1450 g/mol. The normalized spacial score (nSPS) is 10.2. The van der Waals surface area contributed by atoms with Crippen LogP contribution in [0.25, 0.3) is 0 Å². The molecule has 0 nitrogen and oxygen atoms in total. The SMILES string of the molecule is [Rh].[Rh].c1ccc([PH+](c2ccccc2)c2ccccc2)cc1.c1ccc([PH+](c2ccccc2)c2ccccc2)cc1.c1ccc([PH+](c2ccccc2)c2ccccc2)cc1.c1ccc([PH+](c2ccccc2)c2ccccc2)cc1.c1ccc([PH2+]c2ccccc2)cc1. The van der Waals surface area contributed by atoms with Gasteiger partial charge in [0.2, 0.25) is 0 Å². The standard InChI is InChI=1S/4C18H15P.C12H11P.2Rh/c4*1-4-10-16(11-5-1)19(17-12-6-2-7-13-17)18-14-8-3-9-15-18;1-3-7-11(8-4-1)13-12-9-5-2-6-10-12;;/h4*1-15H;1-10,13H;;/p+5. The van der Waals surface area contributed by atoms with E-state index in [4.69, 9.17) is 0 Å². The van der Waals surface area contributed by atoms with Crippen LogP contribution in [0.1, 0.15) is 0 Å². The summed E-state index contributed by atoms with van der Waals surface area (Å²) in [6.07, 6.45) is 0. The molecule has 0 saturated carbocycles. The van der Waals surface area contributed by atoms with E-state index in [-0.39, 0.29) is 47.5 Å². The van der Waals surface area contributed by atoms with Gasteiger partial charge < -0.3 is 0 Å². The molecule has 7 heteroatoms. The zero-order valence-electron chi connectivity index (χ0n) is 50.7. The quantitative estimate of drug-likeness (QED) is 0.0752. The van der Waals surface area contributed by atoms with Gasteiger partial charge in [-0.05, 0) is 170 Å². The Morgan fingerprint density at radius 1 is 0.121 bits per heavy atom. The minimum atomic E-state index is -0.877. The Morgan fingerprint density at radius 3 is 0.308 bits per heavy atom. The van der Waals surface area contributed by atoms with E-state index >= 15 is 0 Å². The van der Waals surface area contributed by atoms with Gasteiger partial charge in [-0.3, -0.25) is 0 Å². The molecular weight excluding hydrogens is 1370 g/mol. The van der Waals surface area contributed by atoms with E-state index in [0.29, 0.717) is 0 Å². The van der Waals surface area contributed by atoms with E-state index in [1.165, 1.54) is 74.3 Å². The summed E-state index contributed by atoms with van der Waals surface area (Å²) in [6, 6.07) is 151. The molecule has 0 bridgehead atoms. The van der Waals surface area contributed by atoms with Gasteiger partial charge in [0.1, 0.15) is 63.7 Å². The van der Waals surface area contributed by atoms with Gasteiger partial charge in [0.15, 0.2) is 0 Å². The molecule has 14 aromatic carbocycles. The predicted octanol–water partition coefficient (Wildman–Crippen LogP) is 14.8. The van der Waals surface area contributed by atoms with Crippen molar-refractivity contribution in [1.82, 2.24) is 0 Å². The topological polar surface area (TPSA) is 0 Å². The molecule has 0 N–H and O–H groups in total. The van der Waals surface area contributed by atoms with Crippen molar-refractivity contribution >= 4 is 115 Å². The summed E-state index contributed by atoms with van der Waals surface area (Å²) in [6.45, 7) is 0. The Bertz CT molecular complexity index is 3220. The first-order chi connectivity index (χ1) is 44.2. The van der Waals surface area contributed by atoms with Crippen molar-refractivity contribution in [2.24, 2.45) is 0 Å². The molecule has 0 aliphatic heterocycles. The molecule has 2 radical (unpaired) electrons. The second-order valence-corrected chi connectivity index (χ2v) is 32.4. The van der Waals surface area contributed by atoms with Crippen molar-refractivity contribution in [2.45, 2.75) is 0 Å². The first-order valence-corrected chi connectivity index (χ1v) is 37.5. The van der Waals surface area contributed by atoms with Gasteiger partial charge in [-0.2, -0.15) is 0 Å². The fraction of sp³-hybridized carbons (Fsp3) is 0. The van der Waals surface area contributed by atoms with Crippen molar-refractivity contribution < 1.29 is 39.0 Å². The zero-order valence-corrected chi connectivity index (χ0v) is 59.1. The third-order valence-electron chi connectivity index (χ3n) is 14.7. The van der Waals surface area contributed by atoms with Crippen LogP contribution < -0.4 is 74.3 Å². The van der Waals surface area contributed by atoms with Gasteiger partial charge in [-0.15, -0.1) is 0 Å². The van der Waals surface area contributed by atoms with Crippen LogP contribution in [0.5, 0.6) is 0 Å². The maximum absolute atomic E-state index is 2.24. The maximum Gasteiger partial charge on any atom is 0.102 e. The number of benzene rings is 14. The number of rotatable bonds is 14. The van der Waals surface area contributed by atoms with Crippen LogP contribution in [0.15, 0.2) is 425 Å². The average molecular weight is 1450 g/mol. The molecule has 0 unspecified atom stereocenters. The molecule has 0 aliphatic rings. The largest absolute Gasteiger partial charge is 0.102 e. The van der Waals surface area contributed by atoms with Gasteiger partial charge in [-0.1, -0.05) is 255 Å². The minimum absolute atomic E-state index is 0. The molecular formula is C84H76P5Rh2+5. The molecule has 0 amide bonds. The second kappa shape index (κ2) is 39.7. The first kappa shape index (κ1) is 69.4. The molecule has 0 spiro atoms. The summed E-state index contributed by atoms with van der Waals surface area (Å²) >= 11 is 0. The molecule has 14 aromatic rings. The van der Waals surface area contributed by atoms with Crippen LogP contribution in [0.4, 0.5) is 0 Å². The predicted molar refractivity (Wildman–Crippen MR) is 408 cm³/mol. The van der Waals surface area contributed by atoms with Gasteiger partial charge in [0.25, 0.3) is 0 Å². The third kappa shape index (κ3) is 21.8. The molecule has 0 aromatic heterocycles. The average Bonchev–Trinajstić information content (AvgIpc) is 2.30. The van der Waals surface area contributed by atoms with E-state index < -0.39 is 31.7 Å². The fourth-order valence-corrected chi connectivity index (χ4v) is 22.1. The molecule has 0 saturated heterocycles. The third-order valence-corrected chi connectivity index (χ3v) is 27.0. The minimum Gasteiger partial charge on any atom is -0.0620 e. The number of hydrogen-bond donors (Lipinski definition) is 0. The molecule has 0 aliphatic carbocycles. The van der Waals surface area contributed by atoms with Crippen molar-refractivity contribution in [3.05, 3.63) is 425 Å². The Labute approximate surface area is 573 Å². The number of hydrogen-bond acceptors (Lipinski definition) is 0. The summed E-state index contributed by atoms with van der Waals surface area (Å²) in [5.41, 5.74) is 0. The van der Waals surface area contributed by atoms with Crippen molar-refractivity contribution in [3.63, 3.8) is 0 Å². The molecule has 0 fully saturated rings. The first-order valence-electron chi connectivity index (χ1n) is 30.3. The van der Waals surface area contributed by atoms with Gasteiger partial charge >= 0.3 is 0 Å². The van der Waals surface area contributed by atoms with Crippen LogP contribution in [0.2, 0.25) is 0 Å². The Kier molecular flexibility index (Phi) is 30.2. The molecule has 14 rings (SSSR count). The van der Waals surface area contributed by atoms with Crippen molar-refractivity contribution in [3.8, 4) is 0 Å². The van der Waals surface area contributed by atoms with E-state index in [2.05, 4.69) is 425 Å². The van der Waals surface area contributed by atoms with E-state index in [1.54, 1.807) is 0 Å². The maximum atomic E-state index is 2.24. The van der Waals surface area contributed by atoms with E-state index in [0.717, 1.165) is 0 Å². The van der Waals surface area contributed by atoms with Crippen LogP contribution in [0.3, 0.4) is 0 Å². The van der Waals surface area contributed by atoms with Crippen molar-refractivity contribution in [1.29, 1.82) is 0 Å². The molecule has 450 valence electrons. The fourth-order valence-electron chi connectivity index (χ4n) is 10.5. The second-order valence-electron chi connectivity index (χ2n) is 20.9. The van der Waals surface area contributed by atoms with Gasteiger partial charge in [-0.25, -0.2) is 0 Å². The summed E-state index contributed by atoms with van der Waals surface area (Å²) in [5, 5.41) is 20.1. The summed E-state index contributed by atoms with van der Waals surface area (Å²) in [4.78, 5) is 0. The van der Waals surface area contributed by atoms with Gasteiger partial charge in [0, 0.05) is 39.0 Å². The summed E-state index contributed by atoms with van der Waals surface area (Å²) in [5.74, 6) is 0. The Morgan fingerprint density at radius 2 is 0.209 bits per heavy atom. The van der Waals surface area contributed by atoms with Crippen LogP contribution in [-0.2, 0) is 39.0 Å². The molecule has 0 atom stereocenters. The summed E-state index contributed by atoms with van der Waals surface area (Å²) in [7, 11) is -3.24. The Balaban J connectivity index is 0.000000147. The van der Waals surface area contributed by atoms with Crippen LogP contribution >= 0.6 is 40.3 Å². The summed E-state index contributed by atoms with van der Waals surface area (Å²) < 4.78 is 0. The molecule has 91 heavy (non-hydrogen) atoms. The molecule has 0 heterocycles. The van der Waals surface area contributed by atoms with E-state index in [1.807, 2.05) is 0 Å². The smallest absolute Gasteiger partial charge is 0.0620 e. The van der Waals surface area contributed by atoms with E-state index in [9.17, 15) is 0 Å². The zero-order chi connectivity index (χ0) is 60.6.